The maximum absolute atomic E-state index is 13.9. The first-order chi connectivity index (χ1) is 14.5. The zero-order valence-corrected chi connectivity index (χ0v) is 17.1. The number of benzene rings is 3. The van der Waals surface area contributed by atoms with Gasteiger partial charge in [-0.1, -0.05) is 72.0 Å². The number of alkyl carbamates (subject to hydrolysis) is 1. The minimum absolute atomic E-state index is 0.000345. The maximum atomic E-state index is 13.9. The molecule has 3 aromatic rings. The molecule has 0 spiro atoms. The molecule has 0 aliphatic heterocycles. The highest BCUT2D eigenvalue weighted by atomic mass is 35.5. The number of carbonyl (C=O) groups is 1. The Bertz CT molecular complexity index is 1130. The van der Waals surface area contributed by atoms with Crippen molar-refractivity contribution in [1.82, 2.24) is 5.32 Å². The SMILES string of the molecule is Cc1cc(C#CCNC(=O)OCC2c3ccccc3-c3ccccc32)c(F)cc1Cl. The van der Waals surface area contributed by atoms with Crippen LogP contribution in [-0.4, -0.2) is 19.2 Å². The van der Waals surface area contributed by atoms with E-state index >= 15 is 0 Å². The Morgan fingerprint density at radius 2 is 1.73 bits per heavy atom. The molecular weight excluding hydrogens is 401 g/mol. The number of rotatable bonds is 3. The van der Waals surface area contributed by atoms with Gasteiger partial charge < -0.3 is 10.1 Å². The molecule has 1 N–H and O–H groups in total. The van der Waals surface area contributed by atoms with Crippen molar-refractivity contribution < 1.29 is 13.9 Å². The zero-order chi connectivity index (χ0) is 21.1. The first kappa shape index (κ1) is 20.0. The Balaban J connectivity index is 1.36. The Morgan fingerprint density at radius 3 is 2.40 bits per heavy atom. The number of carbonyl (C=O) groups excluding carboxylic acids is 1. The number of halogens is 2. The van der Waals surface area contributed by atoms with E-state index in [1.54, 1.807) is 13.0 Å². The normalized spacial score (nSPS) is 11.8. The van der Waals surface area contributed by atoms with E-state index in [0.29, 0.717) is 5.02 Å². The van der Waals surface area contributed by atoms with E-state index in [9.17, 15) is 9.18 Å². The van der Waals surface area contributed by atoms with E-state index < -0.39 is 11.9 Å². The summed E-state index contributed by atoms with van der Waals surface area (Å²) in [5.74, 6) is 4.95. The molecule has 0 heterocycles. The van der Waals surface area contributed by atoms with Gasteiger partial charge in [0.15, 0.2) is 0 Å². The Kier molecular flexibility index (Phi) is 5.74. The molecule has 1 aliphatic rings. The zero-order valence-electron chi connectivity index (χ0n) is 16.3. The van der Waals surface area contributed by atoms with Gasteiger partial charge in [-0.2, -0.15) is 0 Å². The van der Waals surface area contributed by atoms with Gasteiger partial charge >= 0.3 is 6.09 Å². The Labute approximate surface area is 179 Å². The number of fused-ring (bicyclic) bond motifs is 3. The fourth-order valence-electron chi connectivity index (χ4n) is 3.66. The third-order valence-electron chi connectivity index (χ3n) is 5.14. The van der Waals surface area contributed by atoms with Crippen LogP contribution in [0.25, 0.3) is 11.1 Å². The molecule has 4 rings (SSSR count). The highest BCUT2D eigenvalue weighted by molar-refractivity contribution is 6.31. The first-order valence-electron chi connectivity index (χ1n) is 9.58. The number of amides is 1. The van der Waals surface area contributed by atoms with Gasteiger partial charge in [0.25, 0.3) is 0 Å². The van der Waals surface area contributed by atoms with Crippen LogP contribution in [0.5, 0.6) is 0 Å². The van der Waals surface area contributed by atoms with Crippen LogP contribution in [0.1, 0.15) is 28.2 Å². The van der Waals surface area contributed by atoms with Gasteiger partial charge in [0.1, 0.15) is 12.4 Å². The van der Waals surface area contributed by atoms with Crippen LogP contribution in [-0.2, 0) is 4.74 Å². The average Bonchev–Trinajstić information content (AvgIpc) is 3.07. The summed E-state index contributed by atoms with van der Waals surface area (Å²) in [7, 11) is 0. The molecule has 0 unspecified atom stereocenters. The van der Waals surface area contributed by atoms with Gasteiger partial charge in [-0.25, -0.2) is 9.18 Å². The molecule has 0 radical (unpaired) electrons. The van der Waals surface area contributed by atoms with Crippen LogP contribution >= 0.6 is 11.6 Å². The van der Waals surface area contributed by atoms with E-state index in [4.69, 9.17) is 16.3 Å². The van der Waals surface area contributed by atoms with Crippen molar-refractivity contribution in [2.24, 2.45) is 0 Å². The van der Waals surface area contributed by atoms with Crippen LogP contribution in [0, 0.1) is 24.6 Å². The van der Waals surface area contributed by atoms with Gasteiger partial charge in [0.05, 0.1) is 12.1 Å². The second kappa shape index (κ2) is 8.61. The van der Waals surface area contributed by atoms with E-state index in [2.05, 4.69) is 41.4 Å². The van der Waals surface area contributed by atoms with Crippen molar-refractivity contribution in [1.29, 1.82) is 0 Å². The first-order valence-corrected chi connectivity index (χ1v) is 9.95. The Hall–Kier alpha value is -3.29. The lowest BCUT2D eigenvalue weighted by Crippen LogP contribution is -2.26. The molecule has 3 aromatic carbocycles. The molecule has 1 amide bonds. The molecule has 0 saturated heterocycles. The summed E-state index contributed by atoms with van der Waals surface area (Å²) >= 11 is 5.88. The summed E-state index contributed by atoms with van der Waals surface area (Å²) < 4.78 is 19.3. The van der Waals surface area contributed by atoms with Crippen LogP contribution < -0.4 is 5.32 Å². The standard InChI is InChI=1S/C25H19ClFNO2/c1-16-13-17(24(27)14-23(16)26)7-6-12-28-25(29)30-15-22-20-10-4-2-8-18(20)19-9-3-5-11-21(19)22/h2-5,8-11,13-14,22H,12,15H2,1H3,(H,28,29). The molecule has 0 atom stereocenters. The topological polar surface area (TPSA) is 38.3 Å². The van der Waals surface area contributed by atoms with Crippen molar-refractivity contribution in [2.45, 2.75) is 12.8 Å². The largest absolute Gasteiger partial charge is 0.449 e. The van der Waals surface area contributed by atoms with Crippen LogP contribution in [0.2, 0.25) is 5.02 Å². The maximum Gasteiger partial charge on any atom is 0.407 e. The van der Waals surface area contributed by atoms with E-state index in [1.165, 1.54) is 17.2 Å². The number of ether oxygens (including phenoxy) is 1. The molecule has 0 aromatic heterocycles. The van der Waals surface area contributed by atoms with Gasteiger partial charge in [-0.05, 0) is 46.9 Å². The van der Waals surface area contributed by atoms with Gasteiger partial charge in [-0.3, -0.25) is 0 Å². The van der Waals surface area contributed by atoms with Crippen molar-refractivity contribution in [2.75, 3.05) is 13.2 Å². The molecule has 0 fully saturated rings. The molecule has 0 bridgehead atoms. The number of nitrogens with one attached hydrogen (secondary N) is 1. The summed E-state index contributed by atoms with van der Waals surface area (Å²) in [6.07, 6.45) is -0.557. The predicted molar refractivity (Wildman–Crippen MR) is 116 cm³/mol. The molecular formula is C25H19ClFNO2. The summed E-state index contributed by atoms with van der Waals surface area (Å²) in [5.41, 5.74) is 5.64. The quantitative estimate of drug-likeness (QED) is 0.555. The number of aryl methyl sites for hydroxylation is 1. The minimum atomic E-state index is -0.557. The lowest BCUT2D eigenvalue weighted by atomic mass is 9.98. The Morgan fingerprint density at radius 1 is 1.10 bits per heavy atom. The molecule has 0 saturated carbocycles. The third kappa shape index (κ3) is 4.03. The highest BCUT2D eigenvalue weighted by Crippen LogP contribution is 2.44. The predicted octanol–water partition coefficient (Wildman–Crippen LogP) is 5.68. The number of hydrogen-bond donors (Lipinski definition) is 1. The van der Waals surface area contributed by atoms with E-state index in [0.717, 1.165) is 16.7 Å². The lowest BCUT2D eigenvalue weighted by molar-refractivity contribution is 0.144. The van der Waals surface area contributed by atoms with Crippen molar-refractivity contribution in [3.8, 4) is 23.0 Å². The van der Waals surface area contributed by atoms with Gasteiger partial charge in [0, 0.05) is 10.9 Å². The summed E-state index contributed by atoms with van der Waals surface area (Å²) in [4.78, 5) is 12.1. The average molecular weight is 420 g/mol. The second-order valence-corrected chi connectivity index (χ2v) is 7.47. The summed E-state index contributed by atoms with van der Waals surface area (Å²) in [5, 5.41) is 2.94. The summed E-state index contributed by atoms with van der Waals surface area (Å²) in [6.45, 7) is 2.07. The second-order valence-electron chi connectivity index (χ2n) is 7.06. The fourth-order valence-corrected chi connectivity index (χ4v) is 3.81. The van der Waals surface area contributed by atoms with Gasteiger partial charge in [-0.15, -0.1) is 0 Å². The highest BCUT2D eigenvalue weighted by Gasteiger charge is 2.28. The van der Waals surface area contributed by atoms with Crippen molar-refractivity contribution in [3.05, 3.63) is 93.8 Å². The van der Waals surface area contributed by atoms with Crippen LogP contribution in [0.15, 0.2) is 60.7 Å². The molecule has 30 heavy (non-hydrogen) atoms. The van der Waals surface area contributed by atoms with Gasteiger partial charge in [0.2, 0.25) is 0 Å². The van der Waals surface area contributed by atoms with E-state index in [-0.39, 0.29) is 24.6 Å². The summed E-state index contributed by atoms with van der Waals surface area (Å²) in [6, 6.07) is 19.1. The third-order valence-corrected chi connectivity index (χ3v) is 5.54. The number of hydrogen-bond acceptors (Lipinski definition) is 2. The van der Waals surface area contributed by atoms with Crippen molar-refractivity contribution >= 4 is 17.7 Å². The lowest BCUT2D eigenvalue weighted by Gasteiger charge is -2.14. The molecule has 1 aliphatic carbocycles. The minimum Gasteiger partial charge on any atom is -0.449 e. The smallest absolute Gasteiger partial charge is 0.407 e. The fraction of sp³-hybridized carbons (Fsp3) is 0.160. The van der Waals surface area contributed by atoms with E-state index in [1.807, 2.05) is 24.3 Å². The van der Waals surface area contributed by atoms with Crippen molar-refractivity contribution in [3.63, 3.8) is 0 Å². The molecule has 5 heteroatoms. The van der Waals surface area contributed by atoms with Crippen LogP contribution in [0.4, 0.5) is 9.18 Å². The van der Waals surface area contributed by atoms with Crippen LogP contribution in [0.3, 0.4) is 0 Å². The molecule has 3 nitrogen and oxygen atoms in total. The molecule has 150 valence electrons. The monoisotopic (exact) mass is 419 g/mol.